The molecule has 0 aliphatic carbocycles. The summed E-state index contributed by atoms with van der Waals surface area (Å²) >= 11 is 2.33. The largest absolute Gasteiger partial charge is 0.418 e. The summed E-state index contributed by atoms with van der Waals surface area (Å²) in [6, 6.07) is 5.65. The van der Waals surface area contributed by atoms with Crippen LogP contribution in [0.4, 0.5) is 0 Å². The van der Waals surface area contributed by atoms with Crippen molar-refractivity contribution < 1.29 is 4.43 Å². The molecule has 17 heavy (non-hydrogen) atoms. The third-order valence-corrected chi connectivity index (χ3v) is 16.4. The van der Waals surface area contributed by atoms with Crippen molar-refractivity contribution in [1.82, 2.24) is 0 Å². The lowest BCUT2D eigenvalue weighted by Gasteiger charge is -2.28. The van der Waals surface area contributed by atoms with Crippen molar-refractivity contribution in [1.29, 1.82) is 0 Å². The van der Waals surface area contributed by atoms with Crippen LogP contribution in [0.1, 0.15) is 34.1 Å². The quantitative estimate of drug-likeness (QED) is 0.396. The Morgan fingerprint density at radius 1 is 0.941 bits per heavy atom. The Hall–Kier alpha value is 0.744. The van der Waals surface area contributed by atoms with E-state index in [1.807, 2.05) is 0 Å². The lowest BCUT2D eigenvalue weighted by molar-refractivity contribution is 0.328. The first kappa shape index (κ1) is 17.7. The topological polar surface area (TPSA) is 9.23 Å². The van der Waals surface area contributed by atoms with E-state index in [-0.39, 0.29) is 0 Å². The smallest absolute Gasteiger partial charge is 0.186 e. The molecule has 0 unspecified atom stereocenters. The zero-order valence-electron chi connectivity index (χ0n) is 12.8. The van der Waals surface area contributed by atoms with Gasteiger partial charge in [0.25, 0.3) is 0 Å². The number of rotatable bonds is 10. The van der Waals surface area contributed by atoms with Gasteiger partial charge in [-0.3, -0.25) is 0 Å². The van der Waals surface area contributed by atoms with E-state index in [9.17, 15) is 0 Å². The van der Waals surface area contributed by atoms with E-state index in [2.05, 4.69) is 52.0 Å². The Morgan fingerprint density at radius 2 is 1.47 bits per heavy atom. The Kier molecular flexibility index (Phi) is 9.16. The van der Waals surface area contributed by atoms with Crippen LogP contribution in [0.25, 0.3) is 0 Å². The molecule has 0 aliphatic heterocycles. The minimum atomic E-state index is -1.33. The van der Waals surface area contributed by atoms with Crippen molar-refractivity contribution in [2.75, 3.05) is 12.4 Å². The molecule has 0 fully saturated rings. The summed E-state index contributed by atoms with van der Waals surface area (Å²) in [5, 5.41) is 0. The van der Waals surface area contributed by atoms with Crippen molar-refractivity contribution >= 4 is 26.8 Å². The molecule has 1 nitrogen and oxygen atoms in total. The maximum atomic E-state index is 5.88. The van der Waals surface area contributed by atoms with Gasteiger partial charge in [-0.2, -0.15) is 11.2 Å². The molecule has 0 rings (SSSR count). The van der Waals surface area contributed by atoms with E-state index in [1.165, 1.54) is 36.4 Å². The highest BCUT2D eigenvalue weighted by molar-refractivity contribution is 8.28. The van der Waals surface area contributed by atoms with Crippen LogP contribution in [-0.2, 0) is 4.43 Å². The van der Waals surface area contributed by atoms with Crippen molar-refractivity contribution in [2.45, 2.75) is 71.4 Å². The zero-order chi connectivity index (χ0) is 13.4. The normalized spacial score (nSPS) is 13.1. The Labute approximate surface area is 115 Å². The summed E-state index contributed by atoms with van der Waals surface area (Å²) in [5.74, 6) is 1.37. The monoisotopic (exact) mass is 292 g/mol. The molecular weight excluding hydrogens is 260 g/mol. The predicted molar refractivity (Wildman–Crippen MR) is 88.2 cm³/mol. The average molecular weight is 293 g/mol. The first-order valence-electron chi connectivity index (χ1n) is 7.23. The third-order valence-electron chi connectivity index (χ3n) is 3.80. The van der Waals surface area contributed by atoms with Crippen LogP contribution in [0.5, 0.6) is 0 Å². The second-order valence-electron chi connectivity index (χ2n) is 5.39. The minimum Gasteiger partial charge on any atom is -0.418 e. The van der Waals surface area contributed by atoms with Gasteiger partial charge in [0.15, 0.2) is 8.32 Å². The van der Waals surface area contributed by atoms with Crippen LogP contribution in [0, 0.1) is 0 Å². The second-order valence-corrected chi connectivity index (χ2v) is 18.3. The van der Waals surface area contributed by atoms with E-state index >= 15 is 0 Å². The molecule has 4 heteroatoms. The molecule has 0 bridgehead atoms. The fourth-order valence-electron chi connectivity index (χ4n) is 2.31. The van der Waals surface area contributed by atoms with Gasteiger partial charge in [0, 0.05) is 6.61 Å². The highest BCUT2D eigenvalue weighted by Gasteiger charge is 2.28. The van der Waals surface area contributed by atoms with E-state index < -0.39 is 15.5 Å². The van der Waals surface area contributed by atoms with Crippen LogP contribution >= 0.6 is 11.2 Å². The summed E-state index contributed by atoms with van der Waals surface area (Å²) in [5.41, 5.74) is 0. The second kappa shape index (κ2) is 8.78. The first-order chi connectivity index (χ1) is 7.95. The molecular formula is C13H32OSSi2. The van der Waals surface area contributed by atoms with E-state index in [1.54, 1.807) is 0 Å². The van der Waals surface area contributed by atoms with Crippen molar-refractivity contribution in [3.05, 3.63) is 0 Å². The minimum absolute atomic E-state index is 0.893. The molecule has 0 atom stereocenters. The van der Waals surface area contributed by atoms with Crippen LogP contribution in [0.2, 0.25) is 37.3 Å². The van der Waals surface area contributed by atoms with Crippen molar-refractivity contribution in [3.8, 4) is 0 Å². The van der Waals surface area contributed by atoms with Gasteiger partial charge in [-0.25, -0.2) is 0 Å². The molecule has 0 amide bonds. The molecule has 104 valence electrons. The van der Waals surface area contributed by atoms with E-state index in [4.69, 9.17) is 4.43 Å². The molecule has 0 aromatic heterocycles. The summed E-state index contributed by atoms with van der Waals surface area (Å²) in [7, 11) is -2.27. The molecule has 0 heterocycles. The zero-order valence-corrected chi connectivity index (χ0v) is 15.6. The van der Waals surface area contributed by atoms with E-state index in [0.717, 1.165) is 6.61 Å². The Balaban J connectivity index is 3.90. The summed E-state index contributed by atoms with van der Waals surface area (Å²) in [4.78, 5) is 0. The lowest BCUT2D eigenvalue weighted by Crippen LogP contribution is -2.31. The van der Waals surface area contributed by atoms with Gasteiger partial charge >= 0.3 is 0 Å². The molecule has 0 radical (unpaired) electrons. The molecule has 0 saturated heterocycles. The van der Waals surface area contributed by atoms with Crippen LogP contribution in [-0.4, -0.2) is 27.9 Å². The molecule has 0 aromatic rings. The lowest BCUT2D eigenvalue weighted by atomic mass is 10.6. The van der Waals surface area contributed by atoms with Gasteiger partial charge in [0.05, 0.1) is 0 Å². The summed E-state index contributed by atoms with van der Waals surface area (Å²) < 4.78 is 5.88. The average Bonchev–Trinajstić information content (AvgIpc) is 2.30. The molecule has 0 aliphatic rings. The van der Waals surface area contributed by atoms with Gasteiger partial charge < -0.3 is 4.43 Å². The predicted octanol–water partition coefficient (Wildman–Crippen LogP) is 5.36. The maximum Gasteiger partial charge on any atom is 0.186 e. The molecule has 0 spiro atoms. The van der Waals surface area contributed by atoms with Crippen LogP contribution in [0.15, 0.2) is 0 Å². The van der Waals surface area contributed by atoms with Gasteiger partial charge in [0.1, 0.15) is 7.22 Å². The highest BCUT2D eigenvalue weighted by Crippen LogP contribution is 2.33. The van der Waals surface area contributed by atoms with Crippen LogP contribution in [0.3, 0.4) is 0 Å². The summed E-state index contributed by atoms with van der Waals surface area (Å²) in [6.45, 7) is 14.9. The third kappa shape index (κ3) is 7.04. The fourth-order valence-corrected chi connectivity index (χ4v) is 10.9. The Bertz CT molecular complexity index is 186. The number of hydrogen-bond acceptors (Lipinski definition) is 2. The number of hydrogen-bond donors (Lipinski definition) is 0. The SMILES string of the molecule is CCO[Si](C)(C)CCCS[Si](CC)(CC)CC. The van der Waals surface area contributed by atoms with Gasteiger partial charge in [-0.15, -0.1) is 0 Å². The molecule has 0 saturated carbocycles. The summed E-state index contributed by atoms with van der Waals surface area (Å²) in [6.07, 6.45) is 1.36. The van der Waals surface area contributed by atoms with Crippen LogP contribution < -0.4 is 0 Å². The maximum absolute atomic E-state index is 5.88. The standard InChI is InChI=1S/C13H32OSSi2/c1-7-14-16(5,6)13-11-12-15-17(8-2,9-3)10-4/h7-13H2,1-6H3. The van der Waals surface area contributed by atoms with Gasteiger partial charge in [-0.1, -0.05) is 38.9 Å². The van der Waals surface area contributed by atoms with Gasteiger partial charge in [-0.05, 0) is 38.2 Å². The van der Waals surface area contributed by atoms with Crippen molar-refractivity contribution in [2.24, 2.45) is 0 Å². The fraction of sp³-hybridized carbons (Fsp3) is 1.00. The molecule has 0 aromatic carbocycles. The molecule has 0 N–H and O–H groups in total. The highest BCUT2D eigenvalue weighted by atomic mass is 32.4. The van der Waals surface area contributed by atoms with Gasteiger partial charge in [0.2, 0.25) is 0 Å². The van der Waals surface area contributed by atoms with Crippen molar-refractivity contribution in [3.63, 3.8) is 0 Å². The first-order valence-corrected chi connectivity index (χ1v) is 14.7. The van der Waals surface area contributed by atoms with E-state index in [0.29, 0.717) is 0 Å². The Morgan fingerprint density at radius 3 is 1.88 bits per heavy atom.